The Bertz CT molecular complexity index is 589. The van der Waals surface area contributed by atoms with Gasteiger partial charge in [-0.2, -0.15) is 0 Å². The average Bonchev–Trinajstić information content (AvgIpc) is 2.67. The number of rotatable bonds is 4. The second-order valence-electron chi connectivity index (χ2n) is 7.23. The minimum Gasteiger partial charge on any atom is -0.453 e. The van der Waals surface area contributed by atoms with Crippen LogP contribution >= 0.6 is 11.6 Å². The van der Waals surface area contributed by atoms with E-state index in [1.54, 1.807) is 6.92 Å². The Labute approximate surface area is 141 Å². The van der Waals surface area contributed by atoms with Crippen LogP contribution in [0.2, 0.25) is 0 Å². The largest absolute Gasteiger partial charge is 0.453 e. The van der Waals surface area contributed by atoms with Crippen LogP contribution in [0.15, 0.2) is 11.1 Å². The van der Waals surface area contributed by atoms with Gasteiger partial charge in [-0.1, -0.05) is 11.1 Å². The molecule has 1 unspecified atom stereocenters. The van der Waals surface area contributed by atoms with Crippen molar-refractivity contribution < 1.29 is 19.4 Å². The number of hydrogen-bond acceptors (Lipinski definition) is 4. The van der Waals surface area contributed by atoms with Crippen molar-refractivity contribution in [2.45, 2.75) is 63.7 Å². The van der Waals surface area contributed by atoms with Crippen molar-refractivity contribution in [3.05, 3.63) is 11.1 Å². The van der Waals surface area contributed by atoms with Gasteiger partial charge in [0.15, 0.2) is 5.60 Å². The van der Waals surface area contributed by atoms with Crippen LogP contribution in [0.5, 0.6) is 0 Å². The van der Waals surface area contributed by atoms with Gasteiger partial charge in [-0.3, -0.25) is 4.79 Å². The van der Waals surface area contributed by atoms with E-state index in [0.717, 1.165) is 24.8 Å². The summed E-state index contributed by atoms with van der Waals surface area (Å²) in [6, 6.07) is 0. The predicted molar refractivity (Wildman–Crippen MR) is 85.9 cm³/mol. The van der Waals surface area contributed by atoms with Crippen molar-refractivity contribution >= 4 is 23.5 Å². The summed E-state index contributed by atoms with van der Waals surface area (Å²) in [5, 5.41) is 13.9. The predicted octanol–water partition coefficient (Wildman–Crippen LogP) is 1.91. The van der Waals surface area contributed by atoms with Crippen molar-refractivity contribution in [1.82, 2.24) is 5.32 Å². The smallest absolute Gasteiger partial charge is 0.339 e. The molecule has 5 nitrogen and oxygen atoms in total. The normalized spacial score (nSPS) is 41.1. The Hall–Kier alpha value is -1.07. The second kappa shape index (κ2) is 5.49. The van der Waals surface area contributed by atoms with Crippen LogP contribution in [-0.2, 0) is 14.3 Å². The van der Waals surface area contributed by atoms with E-state index < -0.39 is 29.1 Å². The first-order valence-electron chi connectivity index (χ1n) is 8.25. The lowest BCUT2D eigenvalue weighted by Crippen LogP contribution is -2.80. The number of esters is 1. The molecule has 1 aliphatic carbocycles. The first-order chi connectivity index (χ1) is 10.8. The highest BCUT2D eigenvalue weighted by molar-refractivity contribution is 6.18. The van der Waals surface area contributed by atoms with Gasteiger partial charge in [0.05, 0.1) is 12.0 Å². The number of ether oxygens (including phenoxy) is 1. The zero-order valence-electron chi connectivity index (χ0n) is 13.8. The molecule has 0 saturated carbocycles. The number of nitrogens with one attached hydrogen (secondary N) is 1. The minimum absolute atomic E-state index is 0.133. The molecule has 1 amide bonds. The van der Waals surface area contributed by atoms with Gasteiger partial charge in [0.1, 0.15) is 0 Å². The standard InChI is InChI=1S/C17H24ClNO4/c1-9-5-4-6-11(10(9)2)13(20)17-15(22)23-16(17,3)12(7-8-18)14(21)19-17/h11-13,20H,4-8H2,1-3H3,(H,19,21)/t11-,12-,13-,16+,17?/m0/s1. The van der Waals surface area contributed by atoms with Crippen molar-refractivity contribution in [1.29, 1.82) is 0 Å². The van der Waals surface area contributed by atoms with Crippen molar-refractivity contribution in [2.24, 2.45) is 11.8 Å². The number of hydrogen-bond donors (Lipinski definition) is 2. The first-order valence-corrected chi connectivity index (χ1v) is 8.78. The molecule has 0 aromatic heterocycles. The highest BCUT2D eigenvalue weighted by Gasteiger charge is 2.79. The van der Waals surface area contributed by atoms with Crippen molar-refractivity contribution in [3.8, 4) is 0 Å². The van der Waals surface area contributed by atoms with E-state index in [2.05, 4.69) is 12.2 Å². The summed E-state index contributed by atoms with van der Waals surface area (Å²) in [4.78, 5) is 24.7. The fraction of sp³-hybridized carbons (Fsp3) is 0.765. The van der Waals surface area contributed by atoms with Crippen molar-refractivity contribution in [3.63, 3.8) is 0 Å². The molecule has 0 aromatic carbocycles. The Kier molecular flexibility index (Phi) is 4.00. The van der Waals surface area contributed by atoms with Gasteiger partial charge in [-0.15, -0.1) is 11.6 Å². The van der Waals surface area contributed by atoms with Crippen molar-refractivity contribution in [2.75, 3.05) is 5.88 Å². The molecule has 128 valence electrons. The summed E-state index contributed by atoms with van der Waals surface area (Å²) >= 11 is 5.81. The molecular formula is C17H24ClNO4. The number of allylic oxidation sites excluding steroid dienone is 1. The Morgan fingerprint density at radius 3 is 2.74 bits per heavy atom. The third-order valence-electron chi connectivity index (χ3n) is 6.23. The number of fused-ring (bicyclic) bond motifs is 1. The number of aliphatic hydroxyl groups is 1. The van der Waals surface area contributed by atoms with Crippen LogP contribution in [0.25, 0.3) is 0 Å². The van der Waals surface area contributed by atoms with Crippen LogP contribution in [0.4, 0.5) is 0 Å². The molecule has 3 aliphatic rings. The molecule has 6 heteroatoms. The van der Waals surface area contributed by atoms with Crippen LogP contribution < -0.4 is 5.32 Å². The number of amides is 1. The summed E-state index contributed by atoms with van der Waals surface area (Å²) in [5.41, 5.74) is 0.00814. The van der Waals surface area contributed by atoms with Gasteiger partial charge < -0.3 is 15.2 Å². The Morgan fingerprint density at radius 2 is 2.13 bits per heavy atom. The molecule has 3 rings (SSSR count). The molecule has 2 heterocycles. The molecule has 23 heavy (non-hydrogen) atoms. The maximum Gasteiger partial charge on any atom is 0.339 e. The number of alkyl halides is 1. The van der Waals surface area contributed by atoms with Gasteiger partial charge in [-0.05, 0) is 46.5 Å². The van der Waals surface area contributed by atoms with E-state index in [1.165, 1.54) is 5.57 Å². The summed E-state index contributed by atoms with van der Waals surface area (Å²) in [7, 11) is 0. The molecule has 2 aliphatic heterocycles. The SMILES string of the molecule is CC1=C(C)[C@@H]([C@H](O)C23NC(=O)[C@H](CCCl)[C@@]2(C)OC3=O)CCC1. The zero-order chi connectivity index (χ0) is 17.0. The number of carbonyl (C=O) groups excluding carboxylic acids is 2. The van der Waals surface area contributed by atoms with Gasteiger partial charge >= 0.3 is 5.97 Å². The third-order valence-corrected chi connectivity index (χ3v) is 6.45. The fourth-order valence-electron chi connectivity index (χ4n) is 4.58. The van der Waals surface area contributed by atoms with Crippen LogP contribution in [0.3, 0.4) is 0 Å². The summed E-state index contributed by atoms with van der Waals surface area (Å²) in [6.45, 7) is 5.81. The minimum atomic E-state index is -1.34. The zero-order valence-corrected chi connectivity index (χ0v) is 14.6. The van der Waals surface area contributed by atoms with Crippen LogP contribution in [0, 0.1) is 11.8 Å². The number of aliphatic hydroxyl groups excluding tert-OH is 1. The lowest BCUT2D eigenvalue weighted by atomic mass is 9.63. The summed E-state index contributed by atoms with van der Waals surface area (Å²) < 4.78 is 5.41. The molecule has 2 fully saturated rings. The topological polar surface area (TPSA) is 75.6 Å². The third kappa shape index (κ3) is 2.02. The van der Waals surface area contributed by atoms with E-state index in [1.807, 2.05) is 6.92 Å². The van der Waals surface area contributed by atoms with Gasteiger partial charge in [0, 0.05) is 11.8 Å². The Balaban J connectivity index is 1.98. The van der Waals surface area contributed by atoms with Gasteiger partial charge in [0.2, 0.25) is 11.4 Å². The number of halogens is 1. The highest BCUT2D eigenvalue weighted by Crippen LogP contribution is 2.54. The molecule has 0 bridgehead atoms. The average molecular weight is 342 g/mol. The number of carbonyl (C=O) groups is 2. The van der Waals surface area contributed by atoms with Crippen LogP contribution in [0.1, 0.15) is 46.5 Å². The molecule has 0 radical (unpaired) electrons. The quantitative estimate of drug-likeness (QED) is 0.465. The van der Waals surface area contributed by atoms with E-state index in [0.29, 0.717) is 12.3 Å². The molecule has 2 N–H and O–H groups in total. The highest BCUT2D eigenvalue weighted by atomic mass is 35.5. The molecular weight excluding hydrogens is 318 g/mol. The summed E-state index contributed by atoms with van der Waals surface area (Å²) in [6.07, 6.45) is 2.25. The first kappa shape index (κ1) is 16.8. The van der Waals surface area contributed by atoms with E-state index >= 15 is 0 Å². The monoisotopic (exact) mass is 341 g/mol. The maximum absolute atomic E-state index is 12.4. The lowest BCUT2D eigenvalue weighted by Gasteiger charge is -2.55. The van der Waals surface area contributed by atoms with Gasteiger partial charge in [0.25, 0.3) is 0 Å². The fourth-order valence-corrected chi connectivity index (χ4v) is 4.80. The molecule has 0 spiro atoms. The Morgan fingerprint density at radius 1 is 1.43 bits per heavy atom. The second-order valence-corrected chi connectivity index (χ2v) is 7.61. The lowest BCUT2D eigenvalue weighted by molar-refractivity contribution is -0.238. The molecule has 2 saturated heterocycles. The molecule has 0 aromatic rings. The van der Waals surface area contributed by atoms with E-state index in [4.69, 9.17) is 16.3 Å². The van der Waals surface area contributed by atoms with E-state index in [-0.39, 0.29) is 11.8 Å². The maximum atomic E-state index is 12.4. The summed E-state index contributed by atoms with van der Waals surface area (Å²) in [5.74, 6) is -1.13. The molecule has 5 atom stereocenters. The van der Waals surface area contributed by atoms with Crippen LogP contribution in [-0.4, -0.2) is 40.1 Å². The van der Waals surface area contributed by atoms with E-state index in [9.17, 15) is 14.7 Å². The van der Waals surface area contributed by atoms with Gasteiger partial charge in [-0.25, -0.2) is 4.79 Å².